The molecule has 0 spiro atoms. The normalized spacial score (nSPS) is 9.42. The van der Waals surface area contributed by atoms with Crippen LogP contribution in [0.5, 0.6) is 0 Å². The zero-order valence-corrected chi connectivity index (χ0v) is 8.78. The fourth-order valence-electron chi connectivity index (χ4n) is 0.788. The molecule has 0 bridgehead atoms. The maximum atomic E-state index is 5.34. The Bertz CT molecular complexity index is 288. The molecule has 0 aliphatic rings. The van der Waals surface area contributed by atoms with E-state index in [4.69, 9.17) is 18.0 Å². The van der Waals surface area contributed by atoms with Crippen LogP contribution in [0.2, 0.25) is 0 Å². The highest BCUT2D eigenvalue weighted by Crippen LogP contribution is 2.14. The molecule has 1 rings (SSSR count). The zero-order valence-electron chi connectivity index (χ0n) is 6.38. The van der Waals surface area contributed by atoms with Gasteiger partial charge in [-0.1, -0.05) is 34.2 Å². The highest BCUT2D eigenvalue weighted by atomic mass is 79.9. The molecule has 4 heteroatoms. The van der Waals surface area contributed by atoms with Crippen molar-refractivity contribution in [2.75, 3.05) is 11.9 Å². The maximum absolute atomic E-state index is 5.34. The first-order valence-electron chi connectivity index (χ1n) is 3.46. The van der Waals surface area contributed by atoms with Crippen LogP contribution in [0.4, 0.5) is 5.69 Å². The Labute approximate surface area is 85.3 Å². The highest BCUT2D eigenvalue weighted by Gasteiger charge is 1.92. The van der Waals surface area contributed by atoms with Crippen molar-refractivity contribution in [3.63, 3.8) is 0 Å². The molecule has 0 radical (unpaired) electrons. The lowest BCUT2D eigenvalue weighted by Gasteiger charge is -2.04. The second-order valence-corrected chi connectivity index (χ2v) is 3.77. The van der Waals surface area contributed by atoms with Crippen LogP contribution in [0.1, 0.15) is 0 Å². The van der Waals surface area contributed by atoms with E-state index < -0.39 is 0 Å². The Morgan fingerprint density at radius 2 is 2.33 bits per heavy atom. The van der Waals surface area contributed by atoms with Crippen LogP contribution in [-0.4, -0.2) is 11.5 Å². The third kappa shape index (κ3) is 3.19. The molecule has 0 aromatic heterocycles. The number of halogens is 1. The summed E-state index contributed by atoms with van der Waals surface area (Å²) >= 11 is 8.10. The Balaban J connectivity index is 2.57. The third-order valence-corrected chi connectivity index (χ3v) is 1.93. The molecule has 2 nitrogen and oxygen atoms in total. The number of hydrogen-bond donors (Lipinski definition) is 2. The first-order chi connectivity index (χ1) is 5.68. The Kier molecular flexibility index (Phi) is 3.49. The molecule has 0 heterocycles. The molecule has 1 aromatic rings. The standard InChI is InChI=1S/C8H9BrN2S/c9-6-2-1-3-7(4-6)11-5-8(10)12/h1-4,11H,5H2,(H2,10,12). The van der Waals surface area contributed by atoms with E-state index in [9.17, 15) is 0 Å². The quantitative estimate of drug-likeness (QED) is 0.801. The van der Waals surface area contributed by atoms with Gasteiger partial charge in [-0.2, -0.15) is 0 Å². The second-order valence-electron chi connectivity index (χ2n) is 2.33. The van der Waals surface area contributed by atoms with E-state index in [0.717, 1.165) is 10.2 Å². The molecular formula is C8H9BrN2S. The molecule has 0 amide bonds. The lowest BCUT2D eigenvalue weighted by atomic mass is 10.3. The van der Waals surface area contributed by atoms with Gasteiger partial charge in [0.1, 0.15) is 0 Å². The molecule has 0 saturated carbocycles. The van der Waals surface area contributed by atoms with Crippen molar-refractivity contribution in [1.29, 1.82) is 0 Å². The number of rotatable bonds is 3. The van der Waals surface area contributed by atoms with E-state index in [2.05, 4.69) is 21.2 Å². The summed E-state index contributed by atoms with van der Waals surface area (Å²) in [7, 11) is 0. The van der Waals surface area contributed by atoms with E-state index in [1.54, 1.807) is 0 Å². The summed E-state index contributed by atoms with van der Waals surface area (Å²) in [5.41, 5.74) is 6.35. The number of nitrogens with two attached hydrogens (primary N) is 1. The molecular weight excluding hydrogens is 236 g/mol. The molecule has 3 N–H and O–H groups in total. The van der Waals surface area contributed by atoms with Crippen LogP contribution < -0.4 is 11.1 Å². The largest absolute Gasteiger partial charge is 0.392 e. The van der Waals surface area contributed by atoms with E-state index in [-0.39, 0.29) is 0 Å². The van der Waals surface area contributed by atoms with Crippen LogP contribution in [0.25, 0.3) is 0 Å². The SMILES string of the molecule is NC(=S)CNc1cccc(Br)c1. The van der Waals surface area contributed by atoms with E-state index >= 15 is 0 Å². The summed E-state index contributed by atoms with van der Waals surface area (Å²) in [5, 5.41) is 3.09. The predicted molar refractivity (Wildman–Crippen MR) is 59.4 cm³/mol. The number of nitrogens with one attached hydrogen (secondary N) is 1. The molecule has 0 saturated heterocycles. The minimum absolute atomic E-state index is 0.468. The maximum Gasteiger partial charge on any atom is 0.0921 e. The summed E-state index contributed by atoms with van der Waals surface area (Å²) < 4.78 is 1.04. The fourth-order valence-corrected chi connectivity index (χ4v) is 1.26. The van der Waals surface area contributed by atoms with E-state index in [0.29, 0.717) is 11.5 Å². The van der Waals surface area contributed by atoms with Gasteiger partial charge in [0.25, 0.3) is 0 Å². The number of benzene rings is 1. The van der Waals surface area contributed by atoms with Crippen LogP contribution in [-0.2, 0) is 0 Å². The topological polar surface area (TPSA) is 38.0 Å². The van der Waals surface area contributed by atoms with Crippen LogP contribution in [0.15, 0.2) is 28.7 Å². The average molecular weight is 245 g/mol. The van der Waals surface area contributed by atoms with E-state index in [1.807, 2.05) is 24.3 Å². The molecule has 0 aliphatic carbocycles. The third-order valence-electron chi connectivity index (χ3n) is 1.29. The first-order valence-corrected chi connectivity index (χ1v) is 4.66. The number of hydrogen-bond acceptors (Lipinski definition) is 2. The van der Waals surface area contributed by atoms with Crippen LogP contribution in [0, 0.1) is 0 Å². The van der Waals surface area contributed by atoms with Gasteiger partial charge in [0, 0.05) is 10.2 Å². The lowest BCUT2D eigenvalue weighted by Crippen LogP contribution is -2.19. The van der Waals surface area contributed by atoms with Crippen molar-refractivity contribution in [2.45, 2.75) is 0 Å². The Morgan fingerprint density at radius 3 is 2.92 bits per heavy atom. The van der Waals surface area contributed by atoms with Gasteiger partial charge in [-0.15, -0.1) is 0 Å². The summed E-state index contributed by atoms with van der Waals surface area (Å²) in [5.74, 6) is 0. The summed E-state index contributed by atoms with van der Waals surface area (Å²) in [6.07, 6.45) is 0. The van der Waals surface area contributed by atoms with Gasteiger partial charge in [0.15, 0.2) is 0 Å². The van der Waals surface area contributed by atoms with Gasteiger partial charge in [-0.05, 0) is 18.2 Å². The molecule has 1 aromatic carbocycles. The minimum atomic E-state index is 0.468. The minimum Gasteiger partial charge on any atom is -0.392 e. The molecule has 0 unspecified atom stereocenters. The predicted octanol–water partition coefficient (Wildman–Crippen LogP) is 2.15. The summed E-state index contributed by atoms with van der Waals surface area (Å²) in [6, 6.07) is 7.85. The zero-order chi connectivity index (χ0) is 8.97. The van der Waals surface area contributed by atoms with Gasteiger partial charge >= 0.3 is 0 Å². The number of anilines is 1. The highest BCUT2D eigenvalue weighted by molar-refractivity contribution is 9.10. The van der Waals surface area contributed by atoms with E-state index in [1.165, 1.54) is 0 Å². The van der Waals surface area contributed by atoms with Crippen LogP contribution in [0.3, 0.4) is 0 Å². The van der Waals surface area contributed by atoms with Gasteiger partial charge < -0.3 is 11.1 Å². The monoisotopic (exact) mass is 244 g/mol. The van der Waals surface area contributed by atoms with Crippen molar-refractivity contribution in [2.24, 2.45) is 5.73 Å². The van der Waals surface area contributed by atoms with Crippen molar-refractivity contribution in [3.8, 4) is 0 Å². The van der Waals surface area contributed by atoms with Gasteiger partial charge in [-0.3, -0.25) is 0 Å². The Morgan fingerprint density at radius 1 is 1.58 bits per heavy atom. The van der Waals surface area contributed by atoms with Crippen LogP contribution >= 0.6 is 28.1 Å². The summed E-state index contributed by atoms with van der Waals surface area (Å²) in [6.45, 7) is 0.534. The van der Waals surface area contributed by atoms with Crippen molar-refractivity contribution in [1.82, 2.24) is 0 Å². The lowest BCUT2D eigenvalue weighted by molar-refractivity contribution is 1.38. The average Bonchev–Trinajstić information content (AvgIpc) is 2.01. The van der Waals surface area contributed by atoms with Gasteiger partial charge in [0.2, 0.25) is 0 Å². The fraction of sp³-hybridized carbons (Fsp3) is 0.125. The van der Waals surface area contributed by atoms with Gasteiger partial charge in [-0.25, -0.2) is 0 Å². The summed E-state index contributed by atoms with van der Waals surface area (Å²) in [4.78, 5) is 0.468. The molecule has 0 fully saturated rings. The van der Waals surface area contributed by atoms with Crippen molar-refractivity contribution in [3.05, 3.63) is 28.7 Å². The van der Waals surface area contributed by atoms with Crippen molar-refractivity contribution < 1.29 is 0 Å². The molecule has 64 valence electrons. The van der Waals surface area contributed by atoms with Gasteiger partial charge in [0.05, 0.1) is 11.5 Å². The first kappa shape index (κ1) is 9.48. The smallest absolute Gasteiger partial charge is 0.0921 e. The molecule has 0 aliphatic heterocycles. The second kappa shape index (κ2) is 4.42. The number of thiocarbonyl (C=S) groups is 1. The molecule has 12 heavy (non-hydrogen) atoms. The Hall–Kier alpha value is -0.610. The van der Waals surface area contributed by atoms with Crippen molar-refractivity contribution >= 4 is 38.8 Å². The molecule has 0 atom stereocenters.